The van der Waals surface area contributed by atoms with Gasteiger partial charge in [-0.1, -0.05) is 0 Å². The molecule has 5 heteroatoms. The molecule has 1 aliphatic heterocycles. The number of hydrogen-bond donors (Lipinski definition) is 1. The summed E-state index contributed by atoms with van der Waals surface area (Å²) in [4.78, 5) is 11.1. The number of nitrogens with zero attached hydrogens (tertiary/aromatic N) is 3. The summed E-state index contributed by atoms with van der Waals surface area (Å²) in [6, 6.07) is 2.41. The van der Waals surface area contributed by atoms with E-state index in [0.29, 0.717) is 11.9 Å². The molecule has 88 valence electrons. The van der Waals surface area contributed by atoms with Crippen LogP contribution < -0.4 is 5.73 Å². The molecule has 1 aliphatic rings. The van der Waals surface area contributed by atoms with Crippen LogP contribution in [-0.4, -0.2) is 39.0 Å². The minimum absolute atomic E-state index is 0.571. The van der Waals surface area contributed by atoms with Crippen molar-refractivity contribution >= 4 is 17.6 Å². The van der Waals surface area contributed by atoms with Crippen LogP contribution in [0.1, 0.15) is 18.4 Å². The summed E-state index contributed by atoms with van der Waals surface area (Å²) in [5.74, 6) is 3.81. The minimum Gasteiger partial charge on any atom is -0.384 e. The first kappa shape index (κ1) is 11.7. The van der Waals surface area contributed by atoms with Crippen LogP contribution >= 0.6 is 11.8 Å². The molecule has 0 bridgehead atoms. The minimum atomic E-state index is 0.571. The Hall–Kier alpha value is -0.810. The van der Waals surface area contributed by atoms with Gasteiger partial charge in [-0.05, 0) is 13.8 Å². The van der Waals surface area contributed by atoms with Crippen molar-refractivity contribution < 1.29 is 0 Å². The van der Waals surface area contributed by atoms with E-state index in [1.54, 1.807) is 6.07 Å². The fraction of sp³-hybridized carbons (Fsp3) is 0.636. The van der Waals surface area contributed by atoms with Gasteiger partial charge in [0.25, 0.3) is 0 Å². The van der Waals surface area contributed by atoms with Crippen LogP contribution in [-0.2, 0) is 6.54 Å². The quantitative estimate of drug-likeness (QED) is 0.842. The lowest BCUT2D eigenvalue weighted by atomic mass is 10.3. The van der Waals surface area contributed by atoms with Crippen LogP contribution in [0.25, 0.3) is 0 Å². The highest BCUT2D eigenvalue weighted by Crippen LogP contribution is 2.17. The van der Waals surface area contributed by atoms with E-state index in [0.717, 1.165) is 24.6 Å². The third kappa shape index (κ3) is 2.86. The van der Waals surface area contributed by atoms with Gasteiger partial charge in [0.05, 0.1) is 6.54 Å². The number of aromatic nitrogens is 2. The third-order valence-electron chi connectivity index (χ3n) is 2.77. The lowest BCUT2D eigenvalue weighted by Crippen LogP contribution is -2.40. The zero-order valence-corrected chi connectivity index (χ0v) is 10.6. The normalized spacial score (nSPS) is 22.2. The summed E-state index contributed by atoms with van der Waals surface area (Å²) in [6.45, 7) is 6.14. The summed E-state index contributed by atoms with van der Waals surface area (Å²) in [5, 5.41) is 0. The van der Waals surface area contributed by atoms with Crippen LogP contribution in [0.3, 0.4) is 0 Å². The van der Waals surface area contributed by atoms with Gasteiger partial charge in [-0.25, -0.2) is 9.97 Å². The van der Waals surface area contributed by atoms with E-state index in [9.17, 15) is 0 Å². The van der Waals surface area contributed by atoms with Crippen LogP contribution in [0, 0.1) is 6.92 Å². The zero-order chi connectivity index (χ0) is 11.5. The molecule has 0 saturated carbocycles. The fourth-order valence-electron chi connectivity index (χ4n) is 1.90. The molecule has 1 fully saturated rings. The molecule has 1 aromatic rings. The van der Waals surface area contributed by atoms with Gasteiger partial charge >= 0.3 is 0 Å². The van der Waals surface area contributed by atoms with Crippen molar-refractivity contribution in [2.24, 2.45) is 0 Å². The predicted molar refractivity (Wildman–Crippen MR) is 68.4 cm³/mol. The Morgan fingerprint density at radius 1 is 1.56 bits per heavy atom. The van der Waals surface area contributed by atoms with Crippen LogP contribution in [0.4, 0.5) is 5.82 Å². The topological polar surface area (TPSA) is 55.0 Å². The molecule has 4 nitrogen and oxygen atoms in total. The number of nitrogen functional groups attached to an aromatic ring is 1. The second kappa shape index (κ2) is 5.01. The van der Waals surface area contributed by atoms with E-state index < -0.39 is 0 Å². The monoisotopic (exact) mass is 238 g/mol. The smallest absolute Gasteiger partial charge is 0.144 e. The Morgan fingerprint density at radius 3 is 3.06 bits per heavy atom. The molecule has 1 aromatic heterocycles. The average Bonchev–Trinajstić information content (AvgIpc) is 2.20. The SMILES string of the molecule is Cc1cc(N)nc(CN2CCSCC2C)n1. The Bertz CT molecular complexity index is 349. The maximum Gasteiger partial charge on any atom is 0.144 e. The standard InChI is InChI=1S/C11H18N4S/c1-8-5-10(12)14-11(13-8)6-15-3-4-16-7-9(15)2/h5,9H,3-4,6-7H2,1-2H3,(H2,12,13,14). The van der Waals surface area contributed by atoms with Crippen molar-refractivity contribution in [2.75, 3.05) is 23.8 Å². The van der Waals surface area contributed by atoms with Crippen molar-refractivity contribution in [1.29, 1.82) is 0 Å². The van der Waals surface area contributed by atoms with Gasteiger partial charge < -0.3 is 5.73 Å². The van der Waals surface area contributed by atoms with Gasteiger partial charge in [0.2, 0.25) is 0 Å². The number of rotatable bonds is 2. The Labute approximate surface area is 101 Å². The van der Waals surface area contributed by atoms with E-state index in [1.807, 2.05) is 18.7 Å². The highest BCUT2D eigenvalue weighted by atomic mass is 32.2. The molecule has 2 rings (SSSR count). The maximum atomic E-state index is 5.73. The van der Waals surface area contributed by atoms with Crippen molar-refractivity contribution in [3.63, 3.8) is 0 Å². The summed E-state index contributed by atoms with van der Waals surface area (Å²) in [5.41, 5.74) is 6.67. The molecule has 2 heterocycles. The molecule has 1 atom stereocenters. The van der Waals surface area contributed by atoms with E-state index >= 15 is 0 Å². The number of nitrogens with two attached hydrogens (primary N) is 1. The van der Waals surface area contributed by atoms with E-state index in [2.05, 4.69) is 21.8 Å². The third-order valence-corrected chi connectivity index (χ3v) is 3.96. The molecule has 1 unspecified atom stereocenters. The first-order chi connectivity index (χ1) is 7.65. The van der Waals surface area contributed by atoms with Gasteiger partial charge in [-0.3, -0.25) is 4.90 Å². The molecule has 2 N–H and O–H groups in total. The summed E-state index contributed by atoms with van der Waals surface area (Å²) in [6.07, 6.45) is 0. The van der Waals surface area contributed by atoms with E-state index in [1.165, 1.54) is 11.5 Å². The largest absolute Gasteiger partial charge is 0.384 e. The van der Waals surface area contributed by atoms with Crippen LogP contribution in [0.15, 0.2) is 6.07 Å². The molecule has 0 amide bonds. The lowest BCUT2D eigenvalue weighted by molar-refractivity contribution is 0.218. The fourth-order valence-corrected chi connectivity index (χ4v) is 2.99. The lowest BCUT2D eigenvalue weighted by Gasteiger charge is -2.32. The molecule has 0 radical (unpaired) electrons. The van der Waals surface area contributed by atoms with Crippen molar-refractivity contribution in [3.8, 4) is 0 Å². The zero-order valence-electron chi connectivity index (χ0n) is 9.81. The van der Waals surface area contributed by atoms with Crippen LogP contribution in [0.2, 0.25) is 0 Å². The number of thioether (sulfide) groups is 1. The second-order valence-corrected chi connectivity index (χ2v) is 5.39. The average molecular weight is 238 g/mol. The highest BCUT2D eigenvalue weighted by Gasteiger charge is 2.19. The molecular weight excluding hydrogens is 220 g/mol. The Morgan fingerprint density at radius 2 is 2.38 bits per heavy atom. The van der Waals surface area contributed by atoms with E-state index in [4.69, 9.17) is 5.73 Å². The first-order valence-corrected chi connectivity index (χ1v) is 6.72. The Balaban J connectivity index is 2.07. The summed E-state index contributed by atoms with van der Waals surface area (Å²) >= 11 is 2.02. The number of hydrogen-bond acceptors (Lipinski definition) is 5. The van der Waals surface area contributed by atoms with Crippen molar-refractivity contribution in [1.82, 2.24) is 14.9 Å². The van der Waals surface area contributed by atoms with Gasteiger partial charge in [-0.15, -0.1) is 0 Å². The summed E-state index contributed by atoms with van der Waals surface area (Å²) < 4.78 is 0. The number of aryl methyl sites for hydroxylation is 1. The van der Waals surface area contributed by atoms with Gasteiger partial charge in [0.1, 0.15) is 11.6 Å². The second-order valence-electron chi connectivity index (χ2n) is 4.24. The summed E-state index contributed by atoms with van der Waals surface area (Å²) in [7, 11) is 0. The van der Waals surface area contributed by atoms with Gasteiger partial charge in [0, 0.05) is 35.9 Å². The molecule has 0 aliphatic carbocycles. The molecular formula is C11H18N4S. The Kier molecular flexibility index (Phi) is 3.66. The van der Waals surface area contributed by atoms with Crippen molar-refractivity contribution in [2.45, 2.75) is 26.4 Å². The molecule has 16 heavy (non-hydrogen) atoms. The molecule has 1 saturated heterocycles. The van der Waals surface area contributed by atoms with E-state index in [-0.39, 0.29) is 0 Å². The van der Waals surface area contributed by atoms with Crippen molar-refractivity contribution in [3.05, 3.63) is 17.6 Å². The van der Waals surface area contributed by atoms with Gasteiger partial charge in [0.15, 0.2) is 0 Å². The predicted octanol–water partition coefficient (Wildman–Crippen LogP) is 1.30. The maximum absolute atomic E-state index is 5.73. The number of anilines is 1. The first-order valence-electron chi connectivity index (χ1n) is 5.57. The molecule has 0 aromatic carbocycles. The van der Waals surface area contributed by atoms with Crippen LogP contribution in [0.5, 0.6) is 0 Å². The highest BCUT2D eigenvalue weighted by molar-refractivity contribution is 7.99. The van der Waals surface area contributed by atoms with Gasteiger partial charge in [-0.2, -0.15) is 11.8 Å². The molecule has 0 spiro atoms.